The lowest BCUT2D eigenvalue weighted by Crippen LogP contribution is -1.76. The Hall–Kier alpha value is -0.790. The van der Waals surface area contributed by atoms with Crippen LogP contribution >= 0.6 is 11.6 Å². The lowest BCUT2D eigenvalue weighted by atomic mass is 10.2. The van der Waals surface area contributed by atoms with Gasteiger partial charge in [-0.1, -0.05) is 35.9 Å². The molecule has 0 saturated heterocycles. The number of aliphatic hydroxyl groups excluding tert-OH is 1. The van der Waals surface area contributed by atoms with E-state index in [-0.39, 0.29) is 6.61 Å². The van der Waals surface area contributed by atoms with Gasteiger partial charge in [0.15, 0.2) is 0 Å². The van der Waals surface area contributed by atoms with Gasteiger partial charge in [-0.25, -0.2) is 0 Å². The van der Waals surface area contributed by atoms with E-state index >= 15 is 0 Å². The molecule has 0 amide bonds. The molecule has 2 heteroatoms. The van der Waals surface area contributed by atoms with Crippen LogP contribution in [0.4, 0.5) is 0 Å². The smallest absolute Gasteiger partial charge is 0.0465 e. The molecule has 64 valence electrons. The molecule has 0 unspecified atom stereocenters. The molecule has 0 aliphatic carbocycles. The summed E-state index contributed by atoms with van der Waals surface area (Å²) in [4.78, 5) is 0. The fourth-order valence-electron chi connectivity index (χ4n) is 0.868. The molecule has 0 aliphatic heterocycles. The summed E-state index contributed by atoms with van der Waals surface area (Å²) < 4.78 is 0. The van der Waals surface area contributed by atoms with Gasteiger partial charge in [0.05, 0.1) is 0 Å². The fraction of sp³-hybridized carbons (Fsp3) is 0.200. The topological polar surface area (TPSA) is 20.2 Å². The minimum absolute atomic E-state index is 0.199. The maximum Gasteiger partial charge on any atom is 0.0465 e. The van der Waals surface area contributed by atoms with Crippen molar-refractivity contribution in [3.63, 3.8) is 0 Å². The van der Waals surface area contributed by atoms with Crippen LogP contribution in [0, 0.1) is 0 Å². The molecule has 0 atom stereocenters. The molecule has 1 aromatic carbocycles. The normalized spacial score (nSPS) is 10.8. The van der Waals surface area contributed by atoms with E-state index in [0.29, 0.717) is 6.42 Å². The summed E-state index contributed by atoms with van der Waals surface area (Å²) in [7, 11) is 0. The molecule has 1 nitrogen and oxygen atoms in total. The predicted octanol–water partition coefficient (Wildman–Crippen LogP) is 2.74. The lowest BCUT2D eigenvalue weighted by Gasteiger charge is -1.92. The highest BCUT2D eigenvalue weighted by Crippen LogP contribution is 2.10. The van der Waals surface area contributed by atoms with Crippen molar-refractivity contribution < 1.29 is 5.11 Å². The molecule has 1 rings (SSSR count). The molecular formula is C10H11ClO. The molecule has 0 saturated carbocycles. The highest BCUT2D eigenvalue weighted by atomic mass is 35.5. The van der Waals surface area contributed by atoms with Crippen LogP contribution in [0.15, 0.2) is 30.3 Å². The first-order chi connectivity index (χ1) is 5.83. The second-order valence-electron chi connectivity index (χ2n) is 2.47. The van der Waals surface area contributed by atoms with Gasteiger partial charge in [-0.05, 0) is 24.1 Å². The van der Waals surface area contributed by atoms with Crippen LogP contribution in [-0.4, -0.2) is 11.7 Å². The molecule has 0 spiro atoms. The standard InChI is InChI=1S/C10H11ClO/c11-10-6-4-9(5-7-10)3-1-2-8-12/h1,3-7,12H,2,8H2. The third kappa shape index (κ3) is 3.07. The van der Waals surface area contributed by atoms with Crippen molar-refractivity contribution >= 4 is 17.7 Å². The Kier molecular flexibility index (Phi) is 3.85. The summed E-state index contributed by atoms with van der Waals surface area (Å²) in [6, 6.07) is 7.58. The van der Waals surface area contributed by atoms with E-state index in [1.54, 1.807) is 0 Å². The van der Waals surface area contributed by atoms with E-state index in [1.807, 2.05) is 36.4 Å². The minimum Gasteiger partial charge on any atom is -0.396 e. The number of hydrogen-bond donors (Lipinski definition) is 1. The van der Waals surface area contributed by atoms with Crippen molar-refractivity contribution in [2.75, 3.05) is 6.61 Å². The van der Waals surface area contributed by atoms with Gasteiger partial charge >= 0.3 is 0 Å². The number of rotatable bonds is 3. The summed E-state index contributed by atoms with van der Waals surface area (Å²) in [5.74, 6) is 0. The Labute approximate surface area is 77.3 Å². The average Bonchev–Trinajstić information content (AvgIpc) is 2.09. The Morgan fingerprint density at radius 3 is 2.50 bits per heavy atom. The Balaban J connectivity index is 2.58. The van der Waals surface area contributed by atoms with E-state index in [2.05, 4.69) is 0 Å². The minimum atomic E-state index is 0.199. The summed E-state index contributed by atoms with van der Waals surface area (Å²) in [5, 5.41) is 9.26. The Morgan fingerprint density at radius 2 is 1.92 bits per heavy atom. The molecule has 1 N–H and O–H groups in total. The van der Waals surface area contributed by atoms with Gasteiger partial charge in [-0.2, -0.15) is 0 Å². The molecule has 0 heterocycles. The van der Waals surface area contributed by atoms with Gasteiger partial charge < -0.3 is 5.11 Å². The highest BCUT2D eigenvalue weighted by molar-refractivity contribution is 6.30. The maximum atomic E-state index is 8.52. The molecule has 0 bridgehead atoms. The zero-order chi connectivity index (χ0) is 8.81. The van der Waals surface area contributed by atoms with E-state index in [9.17, 15) is 0 Å². The van der Waals surface area contributed by atoms with Gasteiger partial charge in [0, 0.05) is 11.6 Å². The summed E-state index contributed by atoms with van der Waals surface area (Å²) in [5.41, 5.74) is 1.10. The molecule has 0 aliphatic rings. The van der Waals surface area contributed by atoms with Crippen LogP contribution in [0.3, 0.4) is 0 Å². The van der Waals surface area contributed by atoms with Crippen LogP contribution in [0.5, 0.6) is 0 Å². The van der Waals surface area contributed by atoms with E-state index in [0.717, 1.165) is 10.6 Å². The van der Waals surface area contributed by atoms with Crippen LogP contribution < -0.4 is 0 Å². The van der Waals surface area contributed by atoms with Crippen LogP contribution in [0.2, 0.25) is 5.02 Å². The Bertz CT molecular complexity index is 251. The van der Waals surface area contributed by atoms with Crippen LogP contribution in [0.25, 0.3) is 6.08 Å². The first-order valence-electron chi connectivity index (χ1n) is 3.86. The first kappa shape index (κ1) is 9.30. The van der Waals surface area contributed by atoms with Gasteiger partial charge in [0.2, 0.25) is 0 Å². The van der Waals surface area contributed by atoms with Crippen LogP contribution in [-0.2, 0) is 0 Å². The van der Waals surface area contributed by atoms with Gasteiger partial charge in [0.25, 0.3) is 0 Å². The molecule has 0 aromatic heterocycles. The fourth-order valence-corrected chi connectivity index (χ4v) is 0.994. The lowest BCUT2D eigenvalue weighted by molar-refractivity contribution is 0.303. The Morgan fingerprint density at radius 1 is 1.25 bits per heavy atom. The molecular weight excluding hydrogens is 172 g/mol. The van der Waals surface area contributed by atoms with E-state index < -0.39 is 0 Å². The second kappa shape index (κ2) is 4.96. The highest BCUT2D eigenvalue weighted by Gasteiger charge is 1.86. The summed E-state index contributed by atoms with van der Waals surface area (Å²) >= 11 is 5.71. The quantitative estimate of drug-likeness (QED) is 0.762. The van der Waals surface area contributed by atoms with Gasteiger partial charge in [0.1, 0.15) is 0 Å². The monoisotopic (exact) mass is 182 g/mol. The van der Waals surface area contributed by atoms with Crippen LogP contribution in [0.1, 0.15) is 12.0 Å². The van der Waals surface area contributed by atoms with Crippen molar-refractivity contribution in [1.29, 1.82) is 0 Å². The second-order valence-corrected chi connectivity index (χ2v) is 2.90. The third-order valence-electron chi connectivity index (χ3n) is 1.48. The third-order valence-corrected chi connectivity index (χ3v) is 1.73. The predicted molar refractivity (Wildman–Crippen MR) is 52.2 cm³/mol. The zero-order valence-corrected chi connectivity index (χ0v) is 7.46. The average molecular weight is 183 g/mol. The van der Waals surface area contributed by atoms with Crippen molar-refractivity contribution in [2.45, 2.75) is 6.42 Å². The molecule has 0 fully saturated rings. The SMILES string of the molecule is OCCC=Cc1ccc(Cl)cc1. The largest absolute Gasteiger partial charge is 0.396 e. The maximum absolute atomic E-state index is 8.52. The number of hydrogen-bond acceptors (Lipinski definition) is 1. The molecule has 12 heavy (non-hydrogen) atoms. The first-order valence-corrected chi connectivity index (χ1v) is 4.23. The zero-order valence-electron chi connectivity index (χ0n) is 6.70. The van der Waals surface area contributed by atoms with Crippen molar-refractivity contribution in [1.82, 2.24) is 0 Å². The molecule has 0 radical (unpaired) electrons. The summed E-state index contributed by atoms with van der Waals surface area (Å²) in [6.45, 7) is 0.199. The summed E-state index contributed by atoms with van der Waals surface area (Å²) in [6.07, 6.45) is 4.60. The number of halogens is 1. The number of benzene rings is 1. The van der Waals surface area contributed by atoms with Crippen molar-refractivity contribution in [3.8, 4) is 0 Å². The van der Waals surface area contributed by atoms with Gasteiger partial charge in [-0.3, -0.25) is 0 Å². The molecule has 1 aromatic rings. The van der Waals surface area contributed by atoms with Crippen molar-refractivity contribution in [3.05, 3.63) is 40.9 Å². The van der Waals surface area contributed by atoms with Crippen molar-refractivity contribution in [2.24, 2.45) is 0 Å². The number of aliphatic hydroxyl groups is 1. The van der Waals surface area contributed by atoms with E-state index in [1.165, 1.54) is 0 Å². The van der Waals surface area contributed by atoms with E-state index in [4.69, 9.17) is 16.7 Å². The van der Waals surface area contributed by atoms with Gasteiger partial charge in [-0.15, -0.1) is 0 Å².